The van der Waals surface area contributed by atoms with Gasteiger partial charge in [-0.15, -0.1) is 0 Å². The Morgan fingerprint density at radius 3 is 2.19 bits per heavy atom. The predicted octanol–water partition coefficient (Wildman–Crippen LogP) is 4.27. The molecule has 1 unspecified atom stereocenters. The second kappa shape index (κ2) is 7.56. The van der Waals surface area contributed by atoms with Crippen LogP contribution in [0.5, 0.6) is 0 Å². The third kappa shape index (κ3) is 3.54. The van der Waals surface area contributed by atoms with Crippen molar-refractivity contribution >= 4 is 11.4 Å². The topological polar surface area (TPSA) is 13.0 Å². The van der Waals surface area contributed by atoms with Gasteiger partial charge in [0.05, 0.1) is 6.67 Å². The Balaban J connectivity index is 1.24. The summed E-state index contributed by atoms with van der Waals surface area (Å²) >= 11 is 0. The van der Waals surface area contributed by atoms with E-state index in [1.165, 1.54) is 11.4 Å². The molecule has 2 heterocycles. The van der Waals surface area contributed by atoms with Crippen LogP contribution in [0, 0.1) is 0 Å². The van der Waals surface area contributed by atoms with Crippen molar-refractivity contribution in [1.82, 2.24) is 9.80 Å². The van der Waals surface area contributed by atoms with Gasteiger partial charge in [0.2, 0.25) is 0 Å². The van der Waals surface area contributed by atoms with Crippen LogP contribution in [0.3, 0.4) is 0 Å². The summed E-state index contributed by atoms with van der Waals surface area (Å²) in [6.45, 7) is 5.34. The predicted molar refractivity (Wildman–Crippen MR) is 108 cm³/mol. The van der Waals surface area contributed by atoms with Gasteiger partial charge in [0, 0.05) is 49.3 Å². The maximum absolute atomic E-state index is 2.42. The third-order valence-electron chi connectivity index (χ3n) is 5.10. The van der Waals surface area contributed by atoms with Gasteiger partial charge >= 0.3 is 0 Å². The first kappa shape index (κ1) is 16.6. The Labute approximate surface area is 156 Å². The highest BCUT2D eigenvalue weighted by Gasteiger charge is 2.22. The molecule has 0 amide bonds. The van der Waals surface area contributed by atoms with Crippen LogP contribution < -0.4 is 9.80 Å². The quantitative estimate of drug-likeness (QED) is 0.774. The number of nitrogens with zero attached hydrogens (tertiary/aromatic N) is 4. The van der Waals surface area contributed by atoms with Crippen molar-refractivity contribution < 1.29 is 0 Å². The van der Waals surface area contributed by atoms with Crippen molar-refractivity contribution in [3.05, 3.63) is 85.5 Å². The summed E-state index contributed by atoms with van der Waals surface area (Å²) in [6, 6.07) is 21.1. The zero-order valence-corrected chi connectivity index (χ0v) is 15.3. The zero-order valence-electron chi connectivity index (χ0n) is 15.3. The van der Waals surface area contributed by atoms with E-state index < -0.39 is 0 Å². The number of para-hydroxylation sites is 2. The lowest BCUT2D eigenvalue weighted by molar-refractivity contribution is 0.291. The summed E-state index contributed by atoms with van der Waals surface area (Å²) in [4.78, 5) is 9.41. The van der Waals surface area contributed by atoms with E-state index in [4.69, 9.17) is 0 Å². The molecule has 4 rings (SSSR count). The molecule has 0 aliphatic carbocycles. The van der Waals surface area contributed by atoms with Crippen LogP contribution in [0.2, 0.25) is 0 Å². The van der Waals surface area contributed by atoms with Gasteiger partial charge in [0.1, 0.15) is 6.17 Å². The first-order valence-electron chi connectivity index (χ1n) is 9.33. The Morgan fingerprint density at radius 2 is 1.46 bits per heavy atom. The molecule has 0 spiro atoms. The number of hydrogen-bond acceptors (Lipinski definition) is 4. The zero-order chi connectivity index (χ0) is 17.8. The largest absolute Gasteiger partial charge is 0.358 e. The van der Waals surface area contributed by atoms with Gasteiger partial charge in [-0.3, -0.25) is 0 Å². The lowest BCUT2D eigenvalue weighted by Gasteiger charge is -2.30. The Bertz CT molecular complexity index is 756. The van der Waals surface area contributed by atoms with E-state index in [0.29, 0.717) is 6.17 Å². The normalized spacial score (nSPS) is 19.0. The number of benzene rings is 2. The Morgan fingerprint density at radius 1 is 0.769 bits per heavy atom. The minimum Gasteiger partial charge on any atom is -0.358 e. The van der Waals surface area contributed by atoms with Gasteiger partial charge in [-0.1, -0.05) is 36.4 Å². The molecule has 1 atom stereocenters. The van der Waals surface area contributed by atoms with Crippen molar-refractivity contribution in [1.29, 1.82) is 0 Å². The van der Waals surface area contributed by atoms with Crippen LogP contribution in [0.1, 0.15) is 13.3 Å². The summed E-state index contributed by atoms with van der Waals surface area (Å²) < 4.78 is 0. The van der Waals surface area contributed by atoms with Gasteiger partial charge in [0.25, 0.3) is 0 Å². The molecule has 4 nitrogen and oxygen atoms in total. The van der Waals surface area contributed by atoms with Crippen LogP contribution in [-0.4, -0.2) is 35.7 Å². The van der Waals surface area contributed by atoms with Gasteiger partial charge in [0.15, 0.2) is 0 Å². The molecule has 0 bridgehead atoms. The van der Waals surface area contributed by atoms with Gasteiger partial charge in [-0.25, -0.2) is 0 Å². The first-order chi connectivity index (χ1) is 12.8. The summed E-state index contributed by atoms with van der Waals surface area (Å²) in [5.74, 6) is 0. The minimum absolute atomic E-state index is 0.368. The molecule has 0 aromatic heterocycles. The fraction of sp³-hybridized carbons (Fsp3) is 0.273. The number of anilines is 2. The van der Waals surface area contributed by atoms with E-state index in [-0.39, 0.29) is 0 Å². The average molecular weight is 346 g/mol. The molecule has 26 heavy (non-hydrogen) atoms. The van der Waals surface area contributed by atoms with E-state index >= 15 is 0 Å². The highest BCUT2D eigenvalue weighted by molar-refractivity contribution is 5.51. The molecule has 0 saturated heterocycles. The van der Waals surface area contributed by atoms with E-state index in [9.17, 15) is 0 Å². The first-order valence-corrected chi connectivity index (χ1v) is 9.33. The van der Waals surface area contributed by atoms with Crippen molar-refractivity contribution in [2.45, 2.75) is 19.5 Å². The smallest absolute Gasteiger partial charge is 0.102 e. The van der Waals surface area contributed by atoms with Crippen molar-refractivity contribution in [2.24, 2.45) is 0 Å². The van der Waals surface area contributed by atoms with E-state index in [0.717, 1.165) is 26.2 Å². The fourth-order valence-corrected chi connectivity index (χ4v) is 3.58. The summed E-state index contributed by atoms with van der Waals surface area (Å²) in [5.41, 5.74) is 2.50. The van der Waals surface area contributed by atoms with Crippen LogP contribution in [0.4, 0.5) is 11.4 Å². The molecule has 4 heteroatoms. The fourth-order valence-electron chi connectivity index (χ4n) is 3.58. The van der Waals surface area contributed by atoms with Crippen molar-refractivity contribution in [2.75, 3.05) is 29.6 Å². The molecule has 134 valence electrons. The van der Waals surface area contributed by atoms with Crippen LogP contribution in [0.25, 0.3) is 0 Å². The number of hydrogen-bond donors (Lipinski definition) is 0. The molecular formula is C22H26N4. The molecular weight excluding hydrogens is 320 g/mol. The maximum atomic E-state index is 2.42. The van der Waals surface area contributed by atoms with Crippen LogP contribution in [0.15, 0.2) is 85.5 Å². The SMILES string of the molecule is CC1N(CCCN2C=CN(c3ccccc3)C2)C=CN1c1ccccc1. The van der Waals surface area contributed by atoms with Crippen LogP contribution >= 0.6 is 0 Å². The van der Waals surface area contributed by atoms with E-state index in [1.807, 2.05) is 0 Å². The van der Waals surface area contributed by atoms with E-state index in [2.05, 4.69) is 112 Å². The monoisotopic (exact) mass is 346 g/mol. The van der Waals surface area contributed by atoms with Crippen LogP contribution in [-0.2, 0) is 0 Å². The summed E-state index contributed by atoms with van der Waals surface area (Å²) in [7, 11) is 0. The maximum Gasteiger partial charge on any atom is 0.102 e. The Kier molecular flexibility index (Phi) is 4.82. The Hall–Kier alpha value is -2.88. The van der Waals surface area contributed by atoms with Gasteiger partial charge in [-0.05, 0) is 37.6 Å². The highest BCUT2D eigenvalue weighted by atomic mass is 15.4. The molecule has 2 aliphatic rings. The highest BCUT2D eigenvalue weighted by Crippen LogP contribution is 2.24. The second-order valence-corrected chi connectivity index (χ2v) is 6.82. The molecule has 0 N–H and O–H groups in total. The lowest BCUT2D eigenvalue weighted by atomic mass is 10.3. The number of rotatable bonds is 6. The second-order valence-electron chi connectivity index (χ2n) is 6.82. The van der Waals surface area contributed by atoms with E-state index in [1.54, 1.807) is 0 Å². The van der Waals surface area contributed by atoms with Crippen molar-refractivity contribution in [3.8, 4) is 0 Å². The molecule has 0 saturated carbocycles. The molecule has 0 fully saturated rings. The molecule has 0 radical (unpaired) electrons. The molecule has 2 aromatic carbocycles. The van der Waals surface area contributed by atoms with Gasteiger partial charge < -0.3 is 19.6 Å². The average Bonchev–Trinajstić information content (AvgIpc) is 3.31. The van der Waals surface area contributed by atoms with Crippen molar-refractivity contribution in [3.63, 3.8) is 0 Å². The summed E-state index contributed by atoms with van der Waals surface area (Å²) in [5, 5.41) is 0. The van der Waals surface area contributed by atoms with Gasteiger partial charge in [-0.2, -0.15) is 0 Å². The standard InChI is InChI=1S/C22H26N4/c1-20-24(17-18-26(20)22-11-6-3-7-12-22)14-8-13-23-15-16-25(19-23)21-9-4-2-5-10-21/h2-7,9-12,15-18,20H,8,13-14,19H2,1H3. The third-order valence-corrected chi connectivity index (χ3v) is 5.10. The molecule has 2 aromatic rings. The lowest BCUT2D eigenvalue weighted by Crippen LogP contribution is -2.37. The molecule has 2 aliphatic heterocycles. The summed E-state index contributed by atoms with van der Waals surface area (Å²) in [6.07, 6.45) is 10.3. The minimum atomic E-state index is 0.368.